The molecule has 2 aromatic carbocycles. The molecule has 0 spiro atoms. The summed E-state index contributed by atoms with van der Waals surface area (Å²) in [5.74, 6) is 1.99. The van der Waals surface area contributed by atoms with Gasteiger partial charge in [-0.1, -0.05) is 51.1 Å². The van der Waals surface area contributed by atoms with Gasteiger partial charge in [0, 0.05) is 36.5 Å². The predicted molar refractivity (Wildman–Crippen MR) is 128 cm³/mol. The number of hydrogen-bond donors (Lipinski definition) is 1. The van der Waals surface area contributed by atoms with E-state index >= 15 is 0 Å². The first-order chi connectivity index (χ1) is 15.8. The van der Waals surface area contributed by atoms with E-state index in [-0.39, 0.29) is 11.3 Å². The minimum Gasteiger partial charge on any atom is -0.486 e. The normalized spacial score (nSPS) is 11.4. The summed E-state index contributed by atoms with van der Waals surface area (Å²) in [6.45, 7) is 7.27. The van der Waals surface area contributed by atoms with Crippen molar-refractivity contribution < 1.29 is 9.53 Å². The molecule has 0 radical (unpaired) electrons. The van der Waals surface area contributed by atoms with E-state index in [0.717, 1.165) is 17.1 Å². The molecule has 0 fully saturated rings. The monoisotopic (exact) mass is 443 g/mol. The highest BCUT2D eigenvalue weighted by atomic mass is 16.5. The van der Waals surface area contributed by atoms with Crippen molar-refractivity contribution >= 4 is 11.7 Å². The molecule has 0 unspecified atom stereocenters. The minimum atomic E-state index is -0.194. The molecule has 0 saturated carbocycles. The summed E-state index contributed by atoms with van der Waals surface area (Å²) in [5.41, 5.74) is 2.45. The topological polar surface area (TPSA) is 74.0 Å². The lowest BCUT2D eigenvalue weighted by Gasteiger charge is -2.14. The summed E-state index contributed by atoms with van der Waals surface area (Å²) in [4.78, 5) is 17.2. The van der Waals surface area contributed by atoms with E-state index < -0.39 is 0 Å². The second-order valence-electron chi connectivity index (χ2n) is 9.03. The van der Waals surface area contributed by atoms with Crippen LogP contribution >= 0.6 is 0 Å². The van der Waals surface area contributed by atoms with Gasteiger partial charge >= 0.3 is 0 Å². The largest absolute Gasteiger partial charge is 0.486 e. The van der Waals surface area contributed by atoms with E-state index in [0.29, 0.717) is 30.3 Å². The van der Waals surface area contributed by atoms with Crippen LogP contribution in [0.3, 0.4) is 0 Å². The molecule has 0 aliphatic heterocycles. The van der Waals surface area contributed by atoms with Gasteiger partial charge in [0.15, 0.2) is 0 Å². The van der Waals surface area contributed by atoms with Crippen LogP contribution in [0.1, 0.15) is 48.2 Å². The van der Waals surface area contributed by atoms with Crippen molar-refractivity contribution in [3.63, 3.8) is 0 Å². The molecule has 7 nitrogen and oxygen atoms in total. The van der Waals surface area contributed by atoms with Crippen LogP contribution in [0.2, 0.25) is 0 Å². The van der Waals surface area contributed by atoms with Crippen molar-refractivity contribution in [2.45, 2.75) is 39.3 Å². The molecule has 4 aromatic rings. The zero-order chi connectivity index (χ0) is 23.4. The number of carbonyl (C=O) groups excluding carboxylic acids is 1. The van der Waals surface area contributed by atoms with Crippen LogP contribution < -0.4 is 10.1 Å². The van der Waals surface area contributed by atoms with Crippen molar-refractivity contribution in [1.82, 2.24) is 19.3 Å². The van der Waals surface area contributed by atoms with E-state index in [1.165, 1.54) is 0 Å². The van der Waals surface area contributed by atoms with Gasteiger partial charge < -0.3 is 14.6 Å². The second-order valence-corrected chi connectivity index (χ2v) is 9.03. The summed E-state index contributed by atoms with van der Waals surface area (Å²) in [5, 5.41) is 7.80. The Morgan fingerprint density at radius 3 is 2.42 bits per heavy atom. The Morgan fingerprint density at radius 1 is 1.06 bits per heavy atom. The Balaban J connectivity index is 1.48. The number of hydrogen-bond acceptors (Lipinski definition) is 4. The standard InChI is InChI=1S/C26H29N5O2/c1-26(2,3)22-16-23(31(29-22)17-19-8-6-5-7-9-19)28-25(32)20-10-12-21(13-11-20)33-18-24-27-14-15-30(24)4/h5-16H,17-18H2,1-4H3,(H,28,32). The summed E-state index contributed by atoms with van der Waals surface area (Å²) in [7, 11) is 1.92. The van der Waals surface area contributed by atoms with Gasteiger partial charge in [0.25, 0.3) is 5.91 Å². The maximum absolute atomic E-state index is 13.0. The second kappa shape index (κ2) is 9.32. The molecular formula is C26H29N5O2. The third kappa shape index (κ3) is 5.49. The van der Waals surface area contributed by atoms with Gasteiger partial charge in [-0.05, 0) is 29.8 Å². The lowest BCUT2D eigenvalue weighted by atomic mass is 9.92. The fourth-order valence-corrected chi connectivity index (χ4v) is 3.34. The highest BCUT2D eigenvalue weighted by Crippen LogP contribution is 2.25. The molecular weight excluding hydrogens is 414 g/mol. The van der Waals surface area contributed by atoms with Crippen LogP contribution in [0.5, 0.6) is 5.75 Å². The Hall–Kier alpha value is -3.87. The van der Waals surface area contributed by atoms with E-state index in [9.17, 15) is 4.79 Å². The van der Waals surface area contributed by atoms with Crippen LogP contribution in [0.25, 0.3) is 0 Å². The number of rotatable bonds is 7. The Kier molecular flexibility index (Phi) is 6.31. The molecule has 0 atom stereocenters. The highest BCUT2D eigenvalue weighted by Gasteiger charge is 2.21. The number of nitrogens with zero attached hydrogens (tertiary/aromatic N) is 4. The van der Waals surface area contributed by atoms with Crippen molar-refractivity contribution in [2.24, 2.45) is 7.05 Å². The molecule has 4 rings (SSSR count). The molecule has 2 heterocycles. The highest BCUT2D eigenvalue weighted by molar-refractivity contribution is 6.03. The van der Waals surface area contributed by atoms with E-state index in [2.05, 4.69) is 31.1 Å². The molecule has 170 valence electrons. The molecule has 1 amide bonds. The summed E-state index contributed by atoms with van der Waals surface area (Å²) < 4.78 is 9.54. The number of anilines is 1. The molecule has 33 heavy (non-hydrogen) atoms. The molecule has 0 aliphatic rings. The maximum atomic E-state index is 13.0. The van der Waals surface area contributed by atoms with Gasteiger partial charge in [0.1, 0.15) is 24.0 Å². The number of nitrogens with one attached hydrogen (secondary N) is 1. The first kappa shape index (κ1) is 22.3. The van der Waals surface area contributed by atoms with Gasteiger partial charge in [-0.25, -0.2) is 9.67 Å². The molecule has 0 saturated heterocycles. The Morgan fingerprint density at radius 2 is 1.79 bits per heavy atom. The SMILES string of the molecule is Cn1ccnc1COc1ccc(C(=O)Nc2cc(C(C)(C)C)nn2Cc2ccccc2)cc1. The lowest BCUT2D eigenvalue weighted by molar-refractivity contribution is 0.102. The number of amides is 1. The fourth-order valence-electron chi connectivity index (χ4n) is 3.34. The first-order valence-electron chi connectivity index (χ1n) is 10.9. The van der Waals surface area contributed by atoms with E-state index in [1.54, 1.807) is 30.5 Å². The van der Waals surface area contributed by atoms with E-state index in [1.807, 2.05) is 58.9 Å². The van der Waals surface area contributed by atoms with Crippen LogP contribution in [0.15, 0.2) is 73.1 Å². The molecule has 7 heteroatoms. The van der Waals surface area contributed by atoms with Crippen molar-refractivity contribution in [3.05, 3.63) is 95.7 Å². The average molecular weight is 444 g/mol. The van der Waals surface area contributed by atoms with E-state index in [4.69, 9.17) is 9.84 Å². The van der Waals surface area contributed by atoms with Gasteiger partial charge in [-0.3, -0.25) is 4.79 Å². The Bertz CT molecular complexity index is 1220. The summed E-state index contributed by atoms with van der Waals surface area (Å²) >= 11 is 0. The zero-order valence-corrected chi connectivity index (χ0v) is 19.4. The van der Waals surface area contributed by atoms with Crippen LogP contribution in [-0.2, 0) is 25.6 Å². The van der Waals surface area contributed by atoms with Crippen LogP contribution in [0.4, 0.5) is 5.82 Å². The number of benzene rings is 2. The quantitative estimate of drug-likeness (QED) is 0.446. The number of imidazole rings is 1. The van der Waals surface area contributed by atoms with Gasteiger partial charge in [0.05, 0.1) is 12.2 Å². The van der Waals surface area contributed by atoms with Crippen molar-refractivity contribution in [3.8, 4) is 5.75 Å². The predicted octanol–water partition coefficient (Wildman–Crippen LogP) is 4.79. The van der Waals surface area contributed by atoms with Gasteiger partial charge in [0.2, 0.25) is 0 Å². The number of aromatic nitrogens is 4. The zero-order valence-electron chi connectivity index (χ0n) is 19.4. The number of carbonyl (C=O) groups is 1. The minimum absolute atomic E-state index is 0.131. The average Bonchev–Trinajstić information content (AvgIpc) is 3.39. The van der Waals surface area contributed by atoms with Gasteiger partial charge in [-0.15, -0.1) is 0 Å². The third-order valence-electron chi connectivity index (χ3n) is 5.37. The maximum Gasteiger partial charge on any atom is 0.256 e. The number of aryl methyl sites for hydroxylation is 1. The molecule has 0 bridgehead atoms. The summed E-state index contributed by atoms with van der Waals surface area (Å²) in [6, 6.07) is 19.1. The smallest absolute Gasteiger partial charge is 0.256 e. The summed E-state index contributed by atoms with van der Waals surface area (Å²) in [6.07, 6.45) is 3.61. The van der Waals surface area contributed by atoms with Crippen molar-refractivity contribution in [1.29, 1.82) is 0 Å². The van der Waals surface area contributed by atoms with Gasteiger partial charge in [-0.2, -0.15) is 5.10 Å². The lowest BCUT2D eigenvalue weighted by Crippen LogP contribution is -2.16. The van der Waals surface area contributed by atoms with Crippen molar-refractivity contribution in [2.75, 3.05) is 5.32 Å². The fraction of sp³-hybridized carbons (Fsp3) is 0.269. The van der Waals surface area contributed by atoms with Crippen LogP contribution in [-0.4, -0.2) is 25.2 Å². The molecule has 0 aliphatic carbocycles. The molecule has 1 N–H and O–H groups in total. The third-order valence-corrected chi connectivity index (χ3v) is 5.37. The molecule has 2 aromatic heterocycles. The Labute approximate surface area is 194 Å². The van der Waals surface area contributed by atoms with Crippen LogP contribution in [0, 0.1) is 0 Å². The number of ether oxygens (including phenoxy) is 1. The first-order valence-corrected chi connectivity index (χ1v) is 10.9.